The Balaban J connectivity index is 1.68. The molecule has 1 fully saturated rings. The summed E-state index contributed by atoms with van der Waals surface area (Å²) in [5, 5.41) is 9.48. The highest BCUT2D eigenvalue weighted by Crippen LogP contribution is 2.25. The van der Waals surface area contributed by atoms with Gasteiger partial charge in [0.25, 0.3) is 0 Å². The van der Waals surface area contributed by atoms with Crippen molar-refractivity contribution in [1.29, 1.82) is 0 Å². The average Bonchev–Trinajstić information content (AvgIpc) is 2.63. The van der Waals surface area contributed by atoms with Gasteiger partial charge < -0.3 is 14.7 Å². The molecule has 0 spiro atoms. The van der Waals surface area contributed by atoms with Gasteiger partial charge in [-0.05, 0) is 64.0 Å². The zero-order valence-electron chi connectivity index (χ0n) is 13.1. The zero-order valence-corrected chi connectivity index (χ0v) is 14.7. The van der Waals surface area contributed by atoms with E-state index in [-0.39, 0.29) is 11.5 Å². The number of hydrogen-bond donors (Lipinski definition) is 1. The largest absolute Gasteiger partial charge is 0.507 e. The van der Waals surface area contributed by atoms with Crippen LogP contribution in [0.4, 0.5) is 5.69 Å². The van der Waals surface area contributed by atoms with Gasteiger partial charge in [-0.2, -0.15) is 0 Å². The van der Waals surface area contributed by atoms with Crippen molar-refractivity contribution in [3.63, 3.8) is 0 Å². The Labute approximate surface area is 149 Å². The lowest BCUT2D eigenvalue weighted by molar-refractivity contribution is 0.104. The first-order valence-electron chi connectivity index (χ1n) is 7.77. The van der Waals surface area contributed by atoms with E-state index < -0.39 is 0 Å². The van der Waals surface area contributed by atoms with Crippen molar-refractivity contribution in [3.8, 4) is 5.75 Å². The molecule has 124 valence electrons. The van der Waals surface area contributed by atoms with E-state index in [0.717, 1.165) is 37.6 Å². The van der Waals surface area contributed by atoms with Gasteiger partial charge in [-0.25, -0.2) is 0 Å². The molecule has 24 heavy (non-hydrogen) atoms. The summed E-state index contributed by atoms with van der Waals surface area (Å²) in [5.74, 6) is 0.130. The molecule has 1 heterocycles. The van der Waals surface area contributed by atoms with Crippen molar-refractivity contribution < 1.29 is 14.6 Å². The molecule has 1 aliphatic rings. The average molecular weight is 388 g/mol. The highest BCUT2D eigenvalue weighted by molar-refractivity contribution is 9.10. The maximum Gasteiger partial charge on any atom is 0.185 e. The molecule has 2 aromatic carbocycles. The second kappa shape index (κ2) is 7.64. The first-order valence-corrected chi connectivity index (χ1v) is 8.56. The smallest absolute Gasteiger partial charge is 0.185 e. The predicted octanol–water partition coefficient (Wildman–Crippen LogP) is 3.89. The van der Waals surface area contributed by atoms with Crippen molar-refractivity contribution in [2.24, 2.45) is 0 Å². The monoisotopic (exact) mass is 387 g/mol. The molecule has 0 aliphatic carbocycles. The van der Waals surface area contributed by atoms with Gasteiger partial charge in [-0.1, -0.05) is 12.1 Å². The minimum Gasteiger partial charge on any atom is -0.507 e. The van der Waals surface area contributed by atoms with Crippen LogP contribution in [0.5, 0.6) is 5.75 Å². The minimum absolute atomic E-state index is 0.0484. The lowest BCUT2D eigenvalue weighted by atomic mass is 10.1. The number of ketones is 1. The Morgan fingerprint density at radius 1 is 1.12 bits per heavy atom. The van der Waals surface area contributed by atoms with Gasteiger partial charge in [0.05, 0.1) is 17.7 Å². The Hall–Kier alpha value is -2.11. The number of halogens is 1. The standard InChI is InChI=1S/C19H18BrNO3/c20-17-13-14(2-8-19(17)23)1-7-18(22)15-3-5-16(6-4-15)21-9-11-24-12-10-21/h1-8,13,23H,9-12H2/b7-1+. The minimum atomic E-state index is -0.0484. The molecule has 3 rings (SSSR count). The molecular formula is C19H18BrNO3. The van der Waals surface area contributed by atoms with Gasteiger partial charge in [-0.15, -0.1) is 0 Å². The summed E-state index contributed by atoms with van der Waals surface area (Å²) >= 11 is 3.26. The second-order valence-corrected chi connectivity index (χ2v) is 6.41. The fourth-order valence-electron chi connectivity index (χ4n) is 2.55. The van der Waals surface area contributed by atoms with E-state index in [0.29, 0.717) is 10.0 Å². The first-order chi connectivity index (χ1) is 11.6. The number of rotatable bonds is 4. The molecule has 1 aliphatic heterocycles. The van der Waals surface area contributed by atoms with Crippen molar-refractivity contribution in [3.05, 3.63) is 64.1 Å². The van der Waals surface area contributed by atoms with E-state index in [1.807, 2.05) is 24.3 Å². The third-order valence-corrected chi connectivity index (χ3v) is 4.56. The van der Waals surface area contributed by atoms with Crippen LogP contribution >= 0.6 is 15.9 Å². The summed E-state index contributed by atoms with van der Waals surface area (Å²) in [4.78, 5) is 14.5. The van der Waals surface area contributed by atoms with Crippen molar-refractivity contribution >= 4 is 33.5 Å². The number of benzene rings is 2. The molecular weight excluding hydrogens is 370 g/mol. The number of phenolic OH excluding ortho intramolecular Hbond substituents is 1. The third kappa shape index (κ3) is 4.04. The van der Waals surface area contributed by atoms with E-state index in [1.54, 1.807) is 30.4 Å². The van der Waals surface area contributed by atoms with Crippen LogP contribution in [0.1, 0.15) is 15.9 Å². The summed E-state index contributed by atoms with van der Waals surface area (Å²) in [6.45, 7) is 3.24. The highest BCUT2D eigenvalue weighted by Gasteiger charge is 2.11. The van der Waals surface area contributed by atoms with Crippen LogP contribution < -0.4 is 4.90 Å². The lowest BCUT2D eigenvalue weighted by Crippen LogP contribution is -2.36. The number of ether oxygens (including phenoxy) is 1. The number of aromatic hydroxyl groups is 1. The number of allylic oxidation sites excluding steroid dienone is 1. The van der Waals surface area contributed by atoms with Gasteiger partial charge in [0.2, 0.25) is 0 Å². The Morgan fingerprint density at radius 3 is 2.50 bits per heavy atom. The molecule has 1 N–H and O–H groups in total. The van der Waals surface area contributed by atoms with Crippen LogP contribution in [0.2, 0.25) is 0 Å². The Morgan fingerprint density at radius 2 is 1.83 bits per heavy atom. The molecule has 0 atom stereocenters. The molecule has 0 saturated carbocycles. The molecule has 0 amide bonds. The molecule has 0 bridgehead atoms. The SMILES string of the molecule is O=C(/C=C/c1ccc(O)c(Br)c1)c1ccc(N2CCOCC2)cc1. The van der Waals surface area contributed by atoms with Crippen molar-refractivity contribution in [2.75, 3.05) is 31.2 Å². The Kier molecular flexibility index (Phi) is 5.33. The predicted molar refractivity (Wildman–Crippen MR) is 98.6 cm³/mol. The molecule has 2 aromatic rings. The molecule has 0 aromatic heterocycles. The molecule has 0 unspecified atom stereocenters. The van der Waals surface area contributed by atoms with Gasteiger partial charge in [0, 0.05) is 24.3 Å². The summed E-state index contributed by atoms with van der Waals surface area (Å²) in [7, 11) is 0. The van der Waals surface area contributed by atoms with Crippen molar-refractivity contribution in [1.82, 2.24) is 0 Å². The summed E-state index contributed by atoms with van der Waals surface area (Å²) < 4.78 is 5.95. The fraction of sp³-hybridized carbons (Fsp3) is 0.211. The normalized spacial score (nSPS) is 15.0. The van der Waals surface area contributed by atoms with Crippen LogP contribution in [0, 0.1) is 0 Å². The summed E-state index contributed by atoms with van der Waals surface area (Å²) in [6, 6.07) is 12.8. The van der Waals surface area contributed by atoms with Crippen molar-refractivity contribution in [2.45, 2.75) is 0 Å². The topological polar surface area (TPSA) is 49.8 Å². The molecule has 4 nitrogen and oxygen atoms in total. The summed E-state index contributed by atoms with van der Waals surface area (Å²) in [6.07, 6.45) is 3.28. The Bertz CT molecular complexity index is 750. The third-order valence-electron chi connectivity index (χ3n) is 3.93. The van der Waals surface area contributed by atoms with E-state index in [1.165, 1.54) is 0 Å². The number of anilines is 1. The second-order valence-electron chi connectivity index (χ2n) is 5.55. The van der Waals surface area contributed by atoms with Crippen LogP contribution in [0.15, 0.2) is 53.0 Å². The highest BCUT2D eigenvalue weighted by atomic mass is 79.9. The number of morpholine rings is 1. The van der Waals surface area contributed by atoms with Gasteiger partial charge in [-0.3, -0.25) is 4.79 Å². The van der Waals surface area contributed by atoms with Gasteiger partial charge >= 0.3 is 0 Å². The summed E-state index contributed by atoms with van der Waals surface area (Å²) in [5.41, 5.74) is 2.61. The maximum atomic E-state index is 12.3. The van der Waals surface area contributed by atoms with Crippen LogP contribution in [0.3, 0.4) is 0 Å². The van der Waals surface area contributed by atoms with E-state index in [2.05, 4.69) is 20.8 Å². The lowest BCUT2D eigenvalue weighted by Gasteiger charge is -2.28. The number of carbonyl (C=O) groups is 1. The van der Waals surface area contributed by atoms with Crippen LogP contribution in [-0.4, -0.2) is 37.2 Å². The van der Waals surface area contributed by atoms with E-state index in [9.17, 15) is 9.90 Å². The number of phenols is 1. The molecule has 1 saturated heterocycles. The first kappa shape index (κ1) is 16.7. The number of carbonyl (C=O) groups excluding carboxylic acids is 1. The number of hydrogen-bond acceptors (Lipinski definition) is 4. The zero-order chi connectivity index (χ0) is 16.9. The molecule has 5 heteroatoms. The number of nitrogens with zero attached hydrogens (tertiary/aromatic N) is 1. The maximum absolute atomic E-state index is 12.3. The van der Waals surface area contributed by atoms with Crippen LogP contribution in [-0.2, 0) is 4.74 Å². The van der Waals surface area contributed by atoms with E-state index in [4.69, 9.17) is 4.74 Å². The molecule has 0 radical (unpaired) electrons. The quantitative estimate of drug-likeness (QED) is 0.638. The van der Waals surface area contributed by atoms with Crippen LogP contribution in [0.25, 0.3) is 6.08 Å². The van der Waals surface area contributed by atoms with Gasteiger partial charge in [0.1, 0.15) is 5.75 Å². The van der Waals surface area contributed by atoms with E-state index >= 15 is 0 Å². The fourth-order valence-corrected chi connectivity index (χ4v) is 2.95. The van der Waals surface area contributed by atoms with Gasteiger partial charge in [0.15, 0.2) is 5.78 Å².